The van der Waals surface area contributed by atoms with Gasteiger partial charge in [-0.15, -0.1) is 11.3 Å². The molecule has 0 amide bonds. The van der Waals surface area contributed by atoms with Gasteiger partial charge in [0.15, 0.2) is 0 Å². The summed E-state index contributed by atoms with van der Waals surface area (Å²) in [6.45, 7) is 0. The lowest BCUT2D eigenvalue weighted by Gasteiger charge is -2.03. The number of benzene rings is 4. The predicted molar refractivity (Wildman–Crippen MR) is 122 cm³/mol. The van der Waals surface area contributed by atoms with Gasteiger partial charge in [0.2, 0.25) is 0 Å². The number of hydrogen-bond donors (Lipinski definition) is 2. The van der Waals surface area contributed by atoms with E-state index in [1.54, 1.807) is 18.2 Å². The quantitative estimate of drug-likeness (QED) is 0.392. The van der Waals surface area contributed by atoms with Crippen molar-refractivity contribution in [2.24, 2.45) is 0 Å². The summed E-state index contributed by atoms with van der Waals surface area (Å²) in [6, 6.07) is 26.5. The van der Waals surface area contributed by atoms with Crippen LogP contribution in [-0.4, -0.2) is 17.2 Å². The second-order valence-electron chi connectivity index (χ2n) is 7.25. The van der Waals surface area contributed by atoms with Gasteiger partial charge in [-0.05, 0) is 53.0 Å². The minimum absolute atomic E-state index is 0.457. The molecule has 0 aliphatic rings. The van der Waals surface area contributed by atoms with E-state index in [9.17, 15) is 10.0 Å². The first kappa shape index (κ1) is 16.8. The van der Waals surface area contributed by atoms with E-state index in [0.717, 1.165) is 33.1 Å². The van der Waals surface area contributed by atoms with Crippen LogP contribution in [0.1, 0.15) is 0 Å². The second kappa shape index (κ2) is 6.19. The monoisotopic (exact) mass is 394 g/mol. The summed E-state index contributed by atoms with van der Waals surface area (Å²) in [7, 11) is -1.49. The molecule has 6 rings (SSSR count). The third-order valence-electron chi connectivity index (χ3n) is 5.50. The van der Waals surface area contributed by atoms with Gasteiger partial charge in [-0.3, -0.25) is 0 Å². The fraction of sp³-hybridized carbons (Fsp3) is 0. The molecule has 0 aliphatic heterocycles. The lowest BCUT2D eigenvalue weighted by molar-refractivity contribution is 0.426. The Balaban J connectivity index is 1.53. The average Bonchev–Trinajstić information content (AvgIpc) is 3.30. The number of rotatable bonds is 2. The zero-order valence-corrected chi connectivity index (χ0v) is 16.1. The Hall–Kier alpha value is -3.12. The fourth-order valence-electron chi connectivity index (χ4n) is 4.04. The van der Waals surface area contributed by atoms with Crippen LogP contribution in [0.4, 0.5) is 0 Å². The highest BCUT2D eigenvalue weighted by Gasteiger charge is 2.15. The number of furan rings is 1. The molecule has 0 unspecified atom stereocenters. The summed E-state index contributed by atoms with van der Waals surface area (Å²) in [6.07, 6.45) is 0. The predicted octanol–water partition coefficient (Wildman–Crippen LogP) is 5.30. The van der Waals surface area contributed by atoms with E-state index in [1.807, 2.05) is 17.4 Å². The Morgan fingerprint density at radius 1 is 0.621 bits per heavy atom. The van der Waals surface area contributed by atoms with Crippen LogP contribution < -0.4 is 5.46 Å². The molecule has 0 saturated carbocycles. The minimum atomic E-state index is -1.49. The summed E-state index contributed by atoms with van der Waals surface area (Å²) in [4.78, 5) is 0. The van der Waals surface area contributed by atoms with Gasteiger partial charge in [0.05, 0.1) is 0 Å². The molecular formula is C24H15BO3S. The van der Waals surface area contributed by atoms with Crippen molar-refractivity contribution in [1.82, 2.24) is 0 Å². The molecule has 0 bridgehead atoms. The Morgan fingerprint density at radius 3 is 2.31 bits per heavy atom. The third kappa shape index (κ3) is 2.59. The number of thiophene rings is 1. The Kier molecular flexibility index (Phi) is 3.59. The van der Waals surface area contributed by atoms with Crippen LogP contribution in [0.2, 0.25) is 0 Å². The highest BCUT2D eigenvalue weighted by atomic mass is 32.1. The molecule has 5 heteroatoms. The van der Waals surface area contributed by atoms with Crippen LogP contribution in [0.15, 0.2) is 83.3 Å². The number of fused-ring (bicyclic) bond motifs is 6. The first-order valence-electron chi connectivity index (χ1n) is 9.41. The Morgan fingerprint density at radius 2 is 1.41 bits per heavy atom. The van der Waals surface area contributed by atoms with E-state index in [-0.39, 0.29) is 0 Å². The van der Waals surface area contributed by atoms with Gasteiger partial charge >= 0.3 is 7.12 Å². The molecule has 0 spiro atoms. The van der Waals surface area contributed by atoms with E-state index in [4.69, 9.17) is 4.42 Å². The molecule has 2 heterocycles. The van der Waals surface area contributed by atoms with Crippen LogP contribution in [0.25, 0.3) is 53.2 Å². The molecule has 0 fully saturated rings. The van der Waals surface area contributed by atoms with Crippen molar-refractivity contribution < 1.29 is 14.5 Å². The lowest BCUT2D eigenvalue weighted by Crippen LogP contribution is -2.29. The summed E-state index contributed by atoms with van der Waals surface area (Å²) >= 11 is 1.82. The largest absolute Gasteiger partial charge is 0.488 e. The van der Waals surface area contributed by atoms with E-state index in [1.165, 1.54) is 20.2 Å². The highest BCUT2D eigenvalue weighted by molar-refractivity contribution is 7.25. The first-order valence-corrected chi connectivity index (χ1v) is 10.2. The molecule has 0 aliphatic carbocycles. The Bertz CT molecular complexity index is 1540. The topological polar surface area (TPSA) is 53.6 Å². The Labute approximate surface area is 170 Å². The van der Waals surface area contributed by atoms with Gasteiger partial charge in [0.1, 0.15) is 11.2 Å². The number of hydrogen-bond acceptors (Lipinski definition) is 4. The summed E-state index contributed by atoms with van der Waals surface area (Å²) in [5, 5.41) is 23.3. The zero-order chi connectivity index (χ0) is 19.5. The molecule has 0 saturated heterocycles. The smallest absolute Gasteiger partial charge is 0.456 e. The molecule has 0 radical (unpaired) electrons. The summed E-state index contributed by atoms with van der Waals surface area (Å²) in [5.74, 6) is 0. The van der Waals surface area contributed by atoms with Gasteiger partial charge in [-0.25, -0.2) is 0 Å². The summed E-state index contributed by atoms with van der Waals surface area (Å²) < 4.78 is 8.62. The van der Waals surface area contributed by atoms with E-state index in [0.29, 0.717) is 5.46 Å². The SMILES string of the molecule is OB(O)c1ccc2oc3cc(-c4ccc5sc6ccccc6c5c4)ccc3c2c1. The molecule has 3 nitrogen and oxygen atoms in total. The molecule has 29 heavy (non-hydrogen) atoms. The van der Waals surface area contributed by atoms with Gasteiger partial charge < -0.3 is 14.5 Å². The molecule has 4 aromatic carbocycles. The zero-order valence-electron chi connectivity index (χ0n) is 15.3. The van der Waals surface area contributed by atoms with Crippen LogP contribution in [0.5, 0.6) is 0 Å². The maximum absolute atomic E-state index is 9.46. The van der Waals surface area contributed by atoms with Crippen LogP contribution in [-0.2, 0) is 0 Å². The minimum Gasteiger partial charge on any atom is -0.456 e. The van der Waals surface area contributed by atoms with Crippen molar-refractivity contribution in [3.8, 4) is 11.1 Å². The normalized spacial score (nSPS) is 11.8. The highest BCUT2D eigenvalue weighted by Crippen LogP contribution is 2.37. The summed E-state index contributed by atoms with van der Waals surface area (Å²) in [5.41, 5.74) is 4.23. The van der Waals surface area contributed by atoms with Gasteiger partial charge in [-0.1, -0.05) is 42.5 Å². The van der Waals surface area contributed by atoms with Crippen molar-refractivity contribution >= 4 is 66.0 Å². The van der Waals surface area contributed by atoms with Crippen molar-refractivity contribution in [2.75, 3.05) is 0 Å². The van der Waals surface area contributed by atoms with Crippen molar-refractivity contribution in [3.05, 3.63) is 78.9 Å². The van der Waals surface area contributed by atoms with Crippen molar-refractivity contribution in [3.63, 3.8) is 0 Å². The first-order chi connectivity index (χ1) is 14.2. The van der Waals surface area contributed by atoms with Crippen molar-refractivity contribution in [2.45, 2.75) is 0 Å². The van der Waals surface area contributed by atoms with Gasteiger partial charge in [-0.2, -0.15) is 0 Å². The van der Waals surface area contributed by atoms with Gasteiger partial charge in [0, 0.05) is 30.9 Å². The molecule has 2 aromatic heterocycles. The van der Waals surface area contributed by atoms with E-state index < -0.39 is 7.12 Å². The van der Waals surface area contributed by atoms with Crippen LogP contribution in [0.3, 0.4) is 0 Å². The maximum atomic E-state index is 9.46. The molecule has 2 N–H and O–H groups in total. The maximum Gasteiger partial charge on any atom is 0.488 e. The standard InChI is InChI=1S/C24H15BO3S/c26-25(27)16-7-9-21-19(13-16)17-8-5-15(12-22(17)28-21)14-6-10-24-20(11-14)18-3-1-2-4-23(18)29-24/h1-13,26-27H. The van der Waals surface area contributed by atoms with Crippen molar-refractivity contribution in [1.29, 1.82) is 0 Å². The lowest BCUT2D eigenvalue weighted by atomic mass is 9.80. The van der Waals surface area contributed by atoms with E-state index >= 15 is 0 Å². The molecule has 138 valence electrons. The molecule has 6 aromatic rings. The van der Waals surface area contributed by atoms with Crippen LogP contribution in [0, 0.1) is 0 Å². The fourth-order valence-corrected chi connectivity index (χ4v) is 5.13. The van der Waals surface area contributed by atoms with Gasteiger partial charge in [0.25, 0.3) is 0 Å². The molecule has 0 atom stereocenters. The van der Waals surface area contributed by atoms with E-state index in [2.05, 4.69) is 54.6 Å². The second-order valence-corrected chi connectivity index (χ2v) is 8.34. The molecular weight excluding hydrogens is 379 g/mol. The average molecular weight is 394 g/mol. The third-order valence-corrected chi connectivity index (χ3v) is 6.66. The van der Waals surface area contributed by atoms with Crippen LogP contribution >= 0.6 is 11.3 Å².